The van der Waals surface area contributed by atoms with Gasteiger partial charge in [0.25, 0.3) is 0 Å². The summed E-state index contributed by atoms with van der Waals surface area (Å²) < 4.78 is 12.3. The lowest BCUT2D eigenvalue weighted by Crippen LogP contribution is -2.46. The lowest BCUT2D eigenvalue weighted by Gasteiger charge is -2.46. The van der Waals surface area contributed by atoms with Crippen LogP contribution in [0.3, 0.4) is 0 Å². The summed E-state index contributed by atoms with van der Waals surface area (Å²) in [6.45, 7) is 11.2. The van der Waals surface area contributed by atoms with Gasteiger partial charge in [-0.2, -0.15) is 0 Å². The van der Waals surface area contributed by atoms with E-state index in [-0.39, 0.29) is 11.3 Å². The molecule has 29 heavy (non-hydrogen) atoms. The minimum atomic E-state index is -0.564. The first kappa shape index (κ1) is 22.2. The molecule has 1 aliphatic carbocycles. The quantitative estimate of drug-likeness (QED) is 0.366. The molecule has 1 saturated carbocycles. The highest BCUT2D eigenvalue weighted by Crippen LogP contribution is 2.55. The predicted octanol–water partition coefficient (Wildman–Crippen LogP) is 7.37. The molecule has 2 aliphatic rings. The van der Waals surface area contributed by atoms with Crippen molar-refractivity contribution in [2.24, 2.45) is 0 Å². The van der Waals surface area contributed by atoms with Crippen LogP contribution in [-0.4, -0.2) is 18.0 Å². The summed E-state index contributed by atoms with van der Waals surface area (Å²) in [5.41, 5.74) is 4.91. The fraction of sp³-hybridized carbons (Fsp3) is 0.692. The number of methoxy groups -OCH3 is 1. The minimum absolute atomic E-state index is 0.00815. The van der Waals surface area contributed by atoms with Gasteiger partial charge in [-0.05, 0) is 49.8 Å². The molecular weight excluding hydrogens is 360 g/mol. The molecule has 0 aromatic heterocycles. The zero-order chi connectivity index (χ0) is 21.2. The summed E-state index contributed by atoms with van der Waals surface area (Å²) in [5, 5.41) is 11.1. The van der Waals surface area contributed by atoms with Gasteiger partial charge in [-0.3, -0.25) is 0 Å². The van der Waals surface area contributed by atoms with Crippen molar-refractivity contribution in [2.75, 3.05) is 7.11 Å². The molecule has 0 radical (unpaired) electrons. The Balaban J connectivity index is 1.91. The highest BCUT2D eigenvalue weighted by Gasteiger charge is 2.47. The van der Waals surface area contributed by atoms with Gasteiger partial charge in [-0.1, -0.05) is 64.0 Å². The molecule has 1 fully saturated rings. The Morgan fingerprint density at radius 2 is 1.93 bits per heavy atom. The van der Waals surface area contributed by atoms with Crippen molar-refractivity contribution in [1.82, 2.24) is 0 Å². The molecular formula is C26H40O3. The zero-order valence-electron chi connectivity index (χ0n) is 19.4. The summed E-state index contributed by atoms with van der Waals surface area (Å²) in [4.78, 5) is 0. The van der Waals surface area contributed by atoms with Gasteiger partial charge in [-0.15, -0.1) is 0 Å². The van der Waals surface area contributed by atoms with Crippen molar-refractivity contribution >= 4 is 0 Å². The van der Waals surface area contributed by atoms with Crippen LogP contribution in [0.2, 0.25) is 0 Å². The van der Waals surface area contributed by atoms with Gasteiger partial charge in [0.1, 0.15) is 11.5 Å². The van der Waals surface area contributed by atoms with Crippen LogP contribution in [0.1, 0.15) is 109 Å². The Hall–Kier alpha value is -1.48. The zero-order valence-corrected chi connectivity index (χ0v) is 19.4. The van der Waals surface area contributed by atoms with Crippen LogP contribution < -0.4 is 4.74 Å². The summed E-state index contributed by atoms with van der Waals surface area (Å²) in [6, 6.07) is 4.17. The van der Waals surface area contributed by atoms with Gasteiger partial charge in [0.05, 0.1) is 0 Å². The number of allylic oxidation sites excluding steroid dienone is 2. The van der Waals surface area contributed by atoms with Gasteiger partial charge >= 0.3 is 0 Å². The van der Waals surface area contributed by atoms with Crippen LogP contribution in [-0.2, 0) is 10.2 Å². The second-order valence-corrected chi connectivity index (χ2v) is 9.95. The molecule has 1 heterocycles. The summed E-state index contributed by atoms with van der Waals surface area (Å²) >= 11 is 0. The van der Waals surface area contributed by atoms with Crippen LogP contribution in [0.4, 0.5) is 0 Å². The van der Waals surface area contributed by atoms with E-state index in [2.05, 4.69) is 40.7 Å². The maximum atomic E-state index is 11.1. The van der Waals surface area contributed by atoms with Crippen LogP contribution >= 0.6 is 0 Å². The van der Waals surface area contributed by atoms with E-state index in [4.69, 9.17) is 9.47 Å². The first-order chi connectivity index (χ1) is 13.7. The van der Waals surface area contributed by atoms with Crippen LogP contribution in [0.25, 0.3) is 0 Å². The molecule has 2 bridgehead atoms. The van der Waals surface area contributed by atoms with E-state index in [9.17, 15) is 5.11 Å². The van der Waals surface area contributed by atoms with E-state index in [0.717, 1.165) is 42.6 Å². The Morgan fingerprint density at radius 1 is 1.21 bits per heavy atom. The van der Waals surface area contributed by atoms with Crippen molar-refractivity contribution in [3.8, 4) is 11.5 Å². The van der Waals surface area contributed by atoms with Gasteiger partial charge in [0, 0.05) is 31.4 Å². The fourth-order valence-electron chi connectivity index (χ4n) is 5.18. The average Bonchev–Trinajstić information content (AvgIpc) is 2.67. The fourth-order valence-corrected chi connectivity index (χ4v) is 5.18. The predicted molar refractivity (Wildman–Crippen MR) is 120 cm³/mol. The third-order valence-corrected chi connectivity index (χ3v) is 7.18. The Labute approximate surface area is 177 Å². The van der Waals surface area contributed by atoms with Gasteiger partial charge in [0.15, 0.2) is 0 Å². The summed E-state index contributed by atoms with van der Waals surface area (Å²) in [5.74, 6) is 0.817. The summed E-state index contributed by atoms with van der Waals surface area (Å²) in [6.07, 6.45) is 10.1. The molecule has 2 unspecified atom stereocenters. The van der Waals surface area contributed by atoms with Gasteiger partial charge < -0.3 is 14.6 Å². The molecule has 3 nitrogen and oxygen atoms in total. The molecule has 0 spiro atoms. The van der Waals surface area contributed by atoms with Gasteiger partial charge in [-0.25, -0.2) is 0 Å². The van der Waals surface area contributed by atoms with Crippen LogP contribution in [0.15, 0.2) is 23.3 Å². The molecule has 1 aromatic carbocycles. The van der Waals surface area contributed by atoms with Crippen molar-refractivity contribution in [2.45, 2.75) is 110 Å². The lowest BCUT2D eigenvalue weighted by atomic mass is 9.71. The summed E-state index contributed by atoms with van der Waals surface area (Å²) in [7, 11) is 1.75. The van der Waals surface area contributed by atoms with E-state index < -0.39 is 5.79 Å². The van der Waals surface area contributed by atoms with Crippen molar-refractivity contribution in [3.05, 3.63) is 34.4 Å². The Morgan fingerprint density at radius 3 is 2.59 bits per heavy atom. The first-order valence-electron chi connectivity index (χ1n) is 11.5. The lowest BCUT2D eigenvalue weighted by molar-refractivity contribution is -0.189. The number of rotatable bonds is 8. The number of fused-ring (bicyclic) bond motifs is 4. The number of phenols is 1. The second kappa shape index (κ2) is 8.71. The van der Waals surface area contributed by atoms with E-state index >= 15 is 0 Å². The number of aromatic hydroxyl groups is 1. The third-order valence-electron chi connectivity index (χ3n) is 7.18. The standard InChI is InChI=1S/C26H40O3/c1-7-8-9-10-11-13-25(4,5)19-15-22(27)24-21-17-26(28-6,29-23(24)16-19)14-12-20(21)18(2)3/h15-16,21,27H,7-14,17H2,1-6H3. The smallest absolute Gasteiger partial charge is 0.211 e. The molecule has 3 rings (SSSR count). The molecule has 1 aromatic rings. The van der Waals surface area contributed by atoms with E-state index in [1.54, 1.807) is 7.11 Å². The largest absolute Gasteiger partial charge is 0.507 e. The van der Waals surface area contributed by atoms with Crippen molar-refractivity contribution in [1.29, 1.82) is 0 Å². The van der Waals surface area contributed by atoms with Crippen molar-refractivity contribution < 1.29 is 14.6 Å². The monoisotopic (exact) mass is 400 g/mol. The third kappa shape index (κ3) is 4.50. The van der Waals surface area contributed by atoms with E-state index in [1.165, 1.54) is 43.3 Å². The molecule has 0 amide bonds. The Bertz CT molecular complexity index is 757. The highest BCUT2D eigenvalue weighted by molar-refractivity contribution is 5.56. The molecule has 1 aliphatic heterocycles. The van der Waals surface area contributed by atoms with E-state index in [0.29, 0.717) is 5.75 Å². The first-order valence-corrected chi connectivity index (χ1v) is 11.5. The Kier molecular flexibility index (Phi) is 6.67. The maximum absolute atomic E-state index is 11.1. The minimum Gasteiger partial charge on any atom is -0.507 e. The second-order valence-electron chi connectivity index (χ2n) is 9.95. The SMILES string of the molecule is CCCCCCCC(C)(C)c1cc(O)c2c(c1)OC1(OC)CCC(=C(C)C)C2C1. The molecule has 3 heteroatoms. The topological polar surface area (TPSA) is 38.7 Å². The van der Waals surface area contributed by atoms with Gasteiger partial charge in [0.2, 0.25) is 5.79 Å². The number of hydrogen-bond acceptors (Lipinski definition) is 3. The molecule has 0 saturated heterocycles. The molecule has 1 N–H and O–H groups in total. The molecule has 162 valence electrons. The highest BCUT2D eigenvalue weighted by atomic mass is 16.7. The number of ether oxygens (including phenoxy) is 2. The number of unbranched alkanes of at least 4 members (excludes halogenated alkanes) is 4. The number of benzene rings is 1. The normalized spacial score (nSPS) is 23.5. The van der Waals surface area contributed by atoms with Crippen LogP contribution in [0.5, 0.6) is 11.5 Å². The molecule has 2 atom stereocenters. The van der Waals surface area contributed by atoms with E-state index in [1.807, 2.05) is 6.07 Å². The number of phenolic OH excluding ortho intramolecular Hbond substituents is 1. The van der Waals surface area contributed by atoms with Crippen LogP contribution in [0, 0.1) is 0 Å². The average molecular weight is 401 g/mol. The number of hydrogen-bond donors (Lipinski definition) is 1. The van der Waals surface area contributed by atoms with Crippen molar-refractivity contribution in [3.63, 3.8) is 0 Å². The maximum Gasteiger partial charge on any atom is 0.211 e.